The van der Waals surface area contributed by atoms with Crippen LogP contribution >= 0.6 is 0 Å². The lowest BCUT2D eigenvalue weighted by Gasteiger charge is -2.35. The molecule has 0 saturated carbocycles. The number of hydrogen-bond acceptors (Lipinski definition) is 5. The number of nitrogens with one attached hydrogen (secondary N) is 1. The molecule has 1 aliphatic rings. The van der Waals surface area contributed by atoms with Crippen molar-refractivity contribution in [3.8, 4) is 0 Å². The smallest absolute Gasteiger partial charge is 0.410 e. The fourth-order valence-corrected chi connectivity index (χ4v) is 2.38. The van der Waals surface area contributed by atoms with Gasteiger partial charge >= 0.3 is 6.09 Å². The maximum atomic E-state index is 12.0. The lowest BCUT2D eigenvalue weighted by molar-refractivity contribution is 0.0148. The van der Waals surface area contributed by atoms with Crippen LogP contribution in [-0.4, -0.2) is 86.5 Å². The Morgan fingerprint density at radius 3 is 2.46 bits per heavy atom. The van der Waals surface area contributed by atoms with Gasteiger partial charge in [-0.3, -0.25) is 9.89 Å². The first-order valence-electron chi connectivity index (χ1n) is 8.47. The summed E-state index contributed by atoms with van der Waals surface area (Å²) >= 11 is 0. The van der Waals surface area contributed by atoms with Crippen molar-refractivity contribution in [1.29, 1.82) is 0 Å². The molecule has 1 rings (SSSR count). The molecule has 0 aliphatic carbocycles. The van der Waals surface area contributed by atoms with E-state index in [0.717, 1.165) is 19.6 Å². The Morgan fingerprint density at radius 1 is 1.29 bits per heavy atom. The molecule has 0 aromatic carbocycles. The normalized spacial score (nSPS) is 18.4. The summed E-state index contributed by atoms with van der Waals surface area (Å²) in [7, 11) is 1.66. The van der Waals surface area contributed by atoms with E-state index in [2.05, 4.69) is 15.2 Å². The highest BCUT2D eigenvalue weighted by Gasteiger charge is 2.25. The first kappa shape index (κ1) is 20.5. The molecule has 24 heavy (non-hydrogen) atoms. The maximum Gasteiger partial charge on any atom is 0.410 e. The Kier molecular flexibility index (Phi) is 8.27. The predicted molar refractivity (Wildman–Crippen MR) is 95.2 cm³/mol. The molecule has 1 saturated heterocycles. The van der Waals surface area contributed by atoms with Crippen LogP contribution in [0, 0.1) is 0 Å². The summed E-state index contributed by atoms with van der Waals surface area (Å²) in [6, 6.07) is 0.135. The number of carbonyl (C=O) groups excluding carboxylic acids is 1. The average molecular weight is 343 g/mol. The topological polar surface area (TPSA) is 92.4 Å². The van der Waals surface area contributed by atoms with Crippen molar-refractivity contribution in [3.63, 3.8) is 0 Å². The zero-order valence-electron chi connectivity index (χ0n) is 15.7. The number of carbonyl (C=O) groups is 1. The highest BCUT2D eigenvalue weighted by Crippen LogP contribution is 2.11. The van der Waals surface area contributed by atoms with Crippen LogP contribution in [0.2, 0.25) is 0 Å². The molecular weight excluding hydrogens is 310 g/mol. The van der Waals surface area contributed by atoms with Gasteiger partial charge in [-0.1, -0.05) is 0 Å². The quantitative estimate of drug-likeness (QED) is 0.538. The first-order valence-corrected chi connectivity index (χ1v) is 8.47. The Hall–Kier alpha value is -1.54. The monoisotopic (exact) mass is 343 g/mol. The number of rotatable bonds is 6. The van der Waals surface area contributed by atoms with Crippen LogP contribution in [0.15, 0.2) is 4.99 Å². The lowest BCUT2D eigenvalue weighted by Crippen LogP contribution is -2.50. The molecule has 0 aromatic rings. The van der Waals surface area contributed by atoms with Gasteiger partial charge in [-0.25, -0.2) is 4.79 Å². The number of guanidine groups is 1. The Labute approximate surface area is 145 Å². The van der Waals surface area contributed by atoms with E-state index in [1.54, 1.807) is 12.0 Å². The Morgan fingerprint density at radius 2 is 1.92 bits per heavy atom. The van der Waals surface area contributed by atoms with Gasteiger partial charge in [0.15, 0.2) is 5.96 Å². The van der Waals surface area contributed by atoms with Gasteiger partial charge in [-0.2, -0.15) is 0 Å². The standard InChI is InChI=1S/C16H33N5O3/c1-13(12-23-5)19-14(17)18-6-7-20-8-10-21(11-9-20)15(22)24-16(2,3)4/h13H,6-12H2,1-5H3,(H3,17,18,19). The van der Waals surface area contributed by atoms with Crippen LogP contribution < -0.4 is 11.1 Å². The van der Waals surface area contributed by atoms with Crippen molar-refractivity contribution in [1.82, 2.24) is 15.1 Å². The zero-order valence-corrected chi connectivity index (χ0v) is 15.7. The fourth-order valence-electron chi connectivity index (χ4n) is 2.38. The van der Waals surface area contributed by atoms with E-state index in [1.807, 2.05) is 27.7 Å². The number of aliphatic imine (C=N–C) groups is 1. The molecule has 0 aromatic heterocycles. The van der Waals surface area contributed by atoms with Crippen molar-refractivity contribution in [2.45, 2.75) is 39.3 Å². The van der Waals surface area contributed by atoms with Gasteiger partial charge in [0.05, 0.1) is 13.2 Å². The van der Waals surface area contributed by atoms with E-state index >= 15 is 0 Å². The van der Waals surface area contributed by atoms with Crippen molar-refractivity contribution >= 4 is 12.1 Å². The molecule has 8 heteroatoms. The summed E-state index contributed by atoms with van der Waals surface area (Å²) in [4.78, 5) is 20.4. The van der Waals surface area contributed by atoms with Crippen molar-refractivity contribution < 1.29 is 14.3 Å². The molecule has 0 radical (unpaired) electrons. The maximum absolute atomic E-state index is 12.0. The Bertz CT molecular complexity index is 414. The Balaban J connectivity index is 2.25. The number of piperazine rings is 1. The van der Waals surface area contributed by atoms with Gasteiger partial charge in [-0.15, -0.1) is 0 Å². The summed E-state index contributed by atoms with van der Waals surface area (Å²) in [6.07, 6.45) is -0.235. The van der Waals surface area contributed by atoms with Gasteiger partial charge in [0, 0.05) is 45.9 Å². The second-order valence-corrected chi connectivity index (χ2v) is 7.08. The first-order chi connectivity index (χ1) is 11.2. The van der Waals surface area contributed by atoms with Crippen LogP contribution in [0.3, 0.4) is 0 Å². The third-order valence-corrected chi connectivity index (χ3v) is 3.53. The summed E-state index contributed by atoms with van der Waals surface area (Å²) < 4.78 is 10.4. The number of amides is 1. The zero-order chi connectivity index (χ0) is 18.2. The van der Waals surface area contributed by atoms with Crippen LogP contribution in [0.25, 0.3) is 0 Å². The van der Waals surface area contributed by atoms with E-state index in [0.29, 0.717) is 32.2 Å². The number of hydrogen-bond donors (Lipinski definition) is 2. The van der Waals surface area contributed by atoms with Crippen LogP contribution in [0.5, 0.6) is 0 Å². The molecule has 8 nitrogen and oxygen atoms in total. The van der Waals surface area contributed by atoms with Crippen LogP contribution in [0.4, 0.5) is 4.79 Å². The molecule has 1 heterocycles. The largest absolute Gasteiger partial charge is 0.444 e. The van der Waals surface area contributed by atoms with E-state index in [4.69, 9.17) is 15.2 Å². The third-order valence-electron chi connectivity index (χ3n) is 3.53. The number of methoxy groups -OCH3 is 1. The minimum absolute atomic E-state index is 0.135. The van der Waals surface area contributed by atoms with Crippen LogP contribution in [-0.2, 0) is 9.47 Å². The molecule has 3 N–H and O–H groups in total. The van der Waals surface area contributed by atoms with Crippen molar-refractivity contribution in [3.05, 3.63) is 0 Å². The summed E-state index contributed by atoms with van der Waals surface area (Å²) in [5.41, 5.74) is 5.39. The minimum atomic E-state index is -0.451. The molecule has 1 fully saturated rings. The van der Waals surface area contributed by atoms with E-state index < -0.39 is 5.60 Å². The van der Waals surface area contributed by atoms with Gasteiger partial charge in [0.1, 0.15) is 5.60 Å². The summed E-state index contributed by atoms with van der Waals surface area (Å²) in [5, 5.41) is 3.08. The average Bonchev–Trinajstić information content (AvgIpc) is 2.46. The second-order valence-electron chi connectivity index (χ2n) is 7.08. The molecule has 140 valence electrons. The number of nitrogens with zero attached hydrogens (tertiary/aromatic N) is 3. The van der Waals surface area contributed by atoms with E-state index in [9.17, 15) is 4.79 Å². The highest BCUT2D eigenvalue weighted by molar-refractivity contribution is 5.78. The van der Waals surface area contributed by atoms with Crippen LogP contribution in [0.1, 0.15) is 27.7 Å². The van der Waals surface area contributed by atoms with Gasteiger partial charge in [0.25, 0.3) is 0 Å². The van der Waals surface area contributed by atoms with Gasteiger partial charge in [0.2, 0.25) is 0 Å². The molecule has 0 bridgehead atoms. The molecule has 1 aliphatic heterocycles. The summed E-state index contributed by atoms with van der Waals surface area (Å²) in [6.45, 7) is 12.7. The molecule has 1 unspecified atom stereocenters. The second kappa shape index (κ2) is 9.68. The van der Waals surface area contributed by atoms with Crippen molar-refractivity contribution in [2.24, 2.45) is 10.7 Å². The minimum Gasteiger partial charge on any atom is -0.444 e. The van der Waals surface area contributed by atoms with E-state index in [1.165, 1.54) is 0 Å². The SMILES string of the molecule is COCC(C)NC(N)=NCCN1CCN(C(=O)OC(C)(C)C)CC1. The highest BCUT2D eigenvalue weighted by atomic mass is 16.6. The van der Waals surface area contributed by atoms with Gasteiger partial charge < -0.3 is 25.4 Å². The van der Waals surface area contributed by atoms with Gasteiger partial charge in [-0.05, 0) is 27.7 Å². The summed E-state index contributed by atoms with van der Waals surface area (Å²) in [5.74, 6) is 0.437. The molecule has 1 amide bonds. The lowest BCUT2D eigenvalue weighted by atomic mass is 10.2. The molecular formula is C16H33N5O3. The van der Waals surface area contributed by atoms with E-state index in [-0.39, 0.29) is 12.1 Å². The predicted octanol–water partition coefficient (Wildman–Crippen LogP) is 0.478. The molecule has 1 atom stereocenters. The molecule has 0 spiro atoms. The number of ether oxygens (including phenoxy) is 2. The fraction of sp³-hybridized carbons (Fsp3) is 0.875. The number of nitrogens with two attached hydrogens (primary N) is 1. The van der Waals surface area contributed by atoms with Crippen molar-refractivity contribution in [2.75, 3.05) is 53.0 Å². The third kappa shape index (κ3) is 8.35.